The third kappa shape index (κ3) is 5.54. The predicted molar refractivity (Wildman–Crippen MR) is 184 cm³/mol. The van der Waals surface area contributed by atoms with Crippen LogP contribution in [0.4, 0.5) is 5.69 Å². The van der Waals surface area contributed by atoms with Crippen LogP contribution in [0.1, 0.15) is 43.0 Å². The highest BCUT2D eigenvalue weighted by atomic mass is 32.2. The molecule has 11 heteroatoms. The molecule has 47 heavy (non-hydrogen) atoms. The summed E-state index contributed by atoms with van der Waals surface area (Å²) in [5.41, 5.74) is 6.08. The van der Waals surface area contributed by atoms with Crippen LogP contribution >= 0.6 is 0 Å². The highest BCUT2D eigenvalue weighted by Gasteiger charge is 2.39. The van der Waals surface area contributed by atoms with Gasteiger partial charge in [-0.2, -0.15) is 0 Å². The van der Waals surface area contributed by atoms with Gasteiger partial charge in [-0.05, 0) is 91.8 Å². The second-order valence-corrected chi connectivity index (χ2v) is 15.7. The van der Waals surface area contributed by atoms with Crippen molar-refractivity contribution in [3.63, 3.8) is 0 Å². The first kappa shape index (κ1) is 30.0. The van der Waals surface area contributed by atoms with Crippen LogP contribution in [0.3, 0.4) is 0 Å². The van der Waals surface area contributed by atoms with Gasteiger partial charge < -0.3 is 18.8 Å². The monoisotopic (exact) mass is 652 g/mol. The van der Waals surface area contributed by atoms with Crippen molar-refractivity contribution in [2.75, 3.05) is 31.2 Å². The minimum absolute atomic E-state index is 0.0524. The first-order valence-electron chi connectivity index (χ1n) is 16.5. The number of anilines is 1. The summed E-state index contributed by atoms with van der Waals surface area (Å²) in [6.45, 7) is 4.78. The lowest BCUT2D eigenvalue weighted by molar-refractivity contribution is 0.0653. The Morgan fingerprint density at radius 2 is 1.87 bits per heavy atom. The molecule has 2 aliphatic carbocycles. The normalized spacial score (nSPS) is 21.1. The molecule has 3 aliphatic rings. The average Bonchev–Trinajstić information content (AvgIpc) is 3.64. The Morgan fingerprint density at radius 1 is 1.04 bits per heavy atom. The van der Waals surface area contributed by atoms with E-state index in [1.165, 1.54) is 25.7 Å². The highest BCUT2D eigenvalue weighted by Crippen LogP contribution is 2.42. The number of nitrogens with zero attached hydrogens (tertiary/aromatic N) is 5. The van der Waals surface area contributed by atoms with Gasteiger partial charge >= 0.3 is 0 Å². The van der Waals surface area contributed by atoms with Gasteiger partial charge in [0, 0.05) is 48.9 Å². The summed E-state index contributed by atoms with van der Waals surface area (Å²) in [6, 6.07) is 17.3. The lowest BCUT2D eigenvalue weighted by Gasteiger charge is -2.32. The van der Waals surface area contributed by atoms with Crippen LogP contribution in [0, 0.1) is 23.7 Å². The number of aromatic nitrogens is 4. The molecule has 0 radical (unpaired) electrons. The van der Waals surface area contributed by atoms with Crippen molar-refractivity contribution >= 4 is 43.7 Å². The van der Waals surface area contributed by atoms with Crippen molar-refractivity contribution in [1.82, 2.24) is 24.0 Å². The average molecular weight is 653 g/mol. The quantitative estimate of drug-likeness (QED) is 0.215. The van der Waals surface area contributed by atoms with Gasteiger partial charge in [-0.15, -0.1) is 0 Å². The van der Waals surface area contributed by atoms with Gasteiger partial charge in [-0.1, -0.05) is 19.1 Å². The molecule has 1 aliphatic heterocycles. The van der Waals surface area contributed by atoms with Gasteiger partial charge in [-0.25, -0.2) is 18.4 Å². The number of amides is 1. The number of hydrogen-bond donors (Lipinski definition) is 1. The number of imidazole rings is 1. The number of likely N-dealkylation sites (tertiary alicyclic amines) is 1. The zero-order chi connectivity index (χ0) is 32.6. The fourth-order valence-electron chi connectivity index (χ4n) is 7.89. The van der Waals surface area contributed by atoms with Gasteiger partial charge in [0.25, 0.3) is 5.91 Å². The maximum absolute atomic E-state index is 13.8. The highest BCUT2D eigenvalue weighted by molar-refractivity contribution is 7.92. The molecule has 0 spiro atoms. The number of rotatable bonds is 8. The number of piperidine rings is 1. The van der Waals surface area contributed by atoms with E-state index in [1.807, 2.05) is 42.3 Å². The zero-order valence-corrected chi connectivity index (χ0v) is 28.0. The Bertz CT molecular complexity index is 2160. The van der Waals surface area contributed by atoms with Crippen molar-refractivity contribution < 1.29 is 17.9 Å². The van der Waals surface area contributed by atoms with E-state index >= 15 is 0 Å². The molecular weight excluding hydrogens is 613 g/mol. The van der Waals surface area contributed by atoms with Gasteiger partial charge in [0.1, 0.15) is 16.9 Å². The van der Waals surface area contributed by atoms with Gasteiger partial charge in [0.2, 0.25) is 10.0 Å². The fourth-order valence-corrected chi connectivity index (χ4v) is 8.44. The molecule has 244 valence electrons. The molecule has 1 saturated heterocycles. The summed E-state index contributed by atoms with van der Waals surface area (Å²) < 4.78 is 36.5. The third-order valence-electron chi connectivity index (χ3n) is 10.3. The standard InChI is InChI=1S/C36H40N6O4S/c1-21-12-23-13-27(21)20-41(18-23)36(43)26-15-30-33(32(17-26)46-3)40(2)35(38-30)31-16-25-10-11-29(37-34(25)42(31)19-22-8-9-22)24-6-5-7-28(14-24)39-47(4,44)45/h5-7,10-11,14-17,21-23,27,39H,8-9,12-13,18-20H2,1-4H3/t21-,23?,27?/m0/s1. The number of ether oxygens (including phenoxy) is 1. The summed E-state index contributed by atoms with van der Waals surface area (Å²) in [4.78, 5) is 26.1. The predicted octanol–water partition coefficient (Wildman–Crippen LogP) is 6.17. The zero-order valence-electron chi connectivity index (χ0n) is 27.2. The molecule has 4 heterocycles. The number of aryl methyl sites for hydroxylation is 1. The van der Waals surface area contributed by atoms with E-state index in [2.05, 4.69) is 32.9 Å². The van der Waals surface area contributed by atoms with Crippen LogP contribution in [0.2, 0.25) is 0 Å². The number of benzene rings is 2. The molecule has 1 amide bonds. The Morgan fingerprint density at radius 3 is 2.62 bits per heavy atom. The number of sulfonamides is 1. The topological polar surface area (TPSA) is 111 Å². The lowest BCUT2D eigenvalue weighted by Crippen LogP contribution is -2.41. The minimum atomic E-state index is -3.40. The van der Waals surface area contributed by atoms with Crippen LogP contribution in [-0.2, 0) is 23.6 Å². The Balaban J connectivity index is 1.20. The molecule has 5 aromatic rings. The maximum atomic E-state index is 13.8. The van der Waals surface area contributed by atoms with E-state index < -0.39 is 10.0 Å². The van der Waals surface area contributed by atoms with E-state index in [9.17, 15) is 13.2 Å². The van der Waals surface area contributed by atoms with Crippen LogP contribution in [0.25, 0.3) is 44.8 Å². The molecular formula is C36H40N6O4S. The van der Waals surface area contributed by atoms with Crippen LogP contribution in [0.5, 0.6) is 5.75 Å². The van der Waals surface area contributed by atoms with E-state index in [0.29, 0.717) is 40.7 Å². The lowest BCUT2D eigenvalue weighted by atomic mass is 9.95. The van der Waals surface area contributed by atoms with Gasteiger partial charge in [0.05, 0.1) is 30.3 Å². The summed E-state index contributed by atoms with van der Waals surface area (Å²) in [5.74, 6) is 3.89. The molecule has 2 bridgehead atoms. The van der Waals surface area contributed by atoms with Crippen molar-refractivity contribution in [3.8, 4) is 28.5 Å². The molecule has 3 atom stereocenters. The summed E-state index contributed by atoms with van der Waals surface area (Å²) >= 11 is 0. The molecule has 3 aromatic heterocycles. The smallest absolute Gasteiger partial charge is 0.254 e. The second-order valence-electron chi connectivity index (χ2n) is 14.0. The van der Waals surface area contributed by atoms with E-state index in [4.69, 9.17) is 14.7 Å². The third-order valence-corrected chi connectivity index (χ3v) is 10.9. The van der Waals surface area contributed by atoms with E-state index in [-0.39, 0.29) is 5.91 Å². The van der Waals surface area contributed by atoms with E-state index in [1.54, 1.807) is 19.2 Å². The van der Waals surface area contributed by atoms with Gasteiger partial charge in [0.15, 0.2) is 5.82 Å². The number of fused-ring (bicyclic) bond motifs is 4. The largest absolute Gasteiger partial charge is 0.494 e. The maximum Gasteiger partial charge on any atom is 0.254 e. The molecule has 10 nitrogen and oxygen atoms in total. The molecule has 2 saturated carbocycles. The first-order valence-corrected chi connectivity index (χ1v) is 18.4. The first-order chi connectivity index (χ1) is 22.5. The van der Waals surface area contributed by atoms with Crippen molar-refractivity contribution in [3.05, 3.63) is 60.2 Å². The number of methoxy groups -OCH3 is 1. The van der Waals surface area contributed by atoms with Crippen LogP contribution in [-0.4, -0.2) is 64.8 Å². The number of carbonyl (C=O) groups is 1. The molecule has 8 rings (SSSR count). The Kier molecular flexibility index (Phi) is 7.09. The fraction of sp³-hybridized carbons (Fsp3) is 0.417. The minimum Gasteiger partial charge on any atom is -0.494 e. The number of carbonyl (C=O) groups excluding carboxylic acids is 1. The van der Waals surface area contributed by atoms with Crippen LogP contribution < -0.4 is 9.46 Å². The second kappa shape index (κ2) is 11.1. The number of hydrogen-bond acceptors (Lipinski definition) is 6. The van der Waals surface area contributed by atoms with Crippen molar-refractivity contribution in [2.24, 2.45) is 30.7 Å². The molecule has 2 aromatic carbocycles. The molecule has 3 fully saturated rings. The van der Waals surface area contributed by atoms with Gasteiger partial charge in [-0.3, -0.25) is 9.52 Å². The van der Waals surface area contributed by atoms with Crippen molar-refractivity contribution in [1.29, 1.82) is 0 Å². The van der Waals surface area contributed by atoms with Crippen molar-refractivity contribution in [2.45, 2.75) is 39.2 Å². The Hall–Kier alpha value is -4.38. The summed E-state index contributed by atoms with van der Waals surface area (Å²) in [5, 5.41) is 0.999. The SMILES string of the molecule is COc1cc(C(=O)N2CC3CC(C2)[C@@H](C)C3)cc2nc(-c3cc4ccc(-c5cccc(NS(C)(=O)=O)c5)nc4n3CC3CC3)n(C)c12. The molecule has 2 unspecified atom stereocenters. The Labute approximate surface area is 274 Å². The molecule has 1 N–H and O–H groups in total. The number of pyridine rings is 1. The number of nitrogens with one attached hydrogen (secondary N) is 1. The summed E-state index contributed by atoms with van der Waals surface area (Å²) in [6.07, 6.45) is 5.94. The van der Waals surface area contributed by atoms with Crippen LogP contribution in [0.15, 0.2) is 54.6 Å². The van der Waals surface area contributed by atoms with E-state index in [0.717, 1.165) is 70.7 Å². The summed E-state index contributed by atoms with van der Waals surface area (Å²) in [7, 11) is 0.241.